The lowest BCUT2D eigenvalue weighted by atomic mass is 9.92. The minimum atomic E-state index is 0.116. The number of rotatable bonds is 6. The Labute approximate surface area is 196 Å². The van der Waals surface area contributed by atoms with Crippen LogP contribution in [0.15, 0.2) is 42.5 Å². The first-order chi connectivity index (χ1) is 15.5. The van der Waals surface area contributed by atoms with Gasteiger partial charge >= 0.3 is 0 Å². The molecule has 4 rings (SSSR count). The SMILES string of the molecule is Cc1ccc(N2CCN(C(=O)COC3CCC(Nc4ccc(Cl)c(C)c4)CC3)CC2)cc1. The molecule has 32 heavy (non-hydrogen) atoms. The maximum absolute atomic E-state index is 12.7. The fraction of sp³-hybridized carbons (Fsp3) is 0.500. The lowest BCUT2D eigenvalue weighted by molar-refractivity contribution is -0.139. The van der Waals surface area contributed by atoms with Crippen molar-refractivity contribution < 1.29 is 9.53 Å². The van der Waals surface area contributed by atoms with Crippen LogP contribution in [0.2, 0.25) is 5.02 Å². The van der Waals surface area contributed by atoms with Gasteiger partial charge in [0.15, 0.2) is 0 Å². The summed E-state index contributed by atoms with van der Waals surface area (Å²) in [5, 5.41) is 4.41. The molecule has 0 bridgehead atoms. The molecule has 1 aliphatic carbocycles. The van der Waals surface area contributed by atoms with E-state index in [4.69, 9.17) is 16.3 Å². The van der Waals surface area contributed by atoms with Crippen molar-refractivity contribution in [1.82, 2.24) is 4.90 Å². The van der Waals surface area contributed by atoms with Gasteiger partial charge in [0.2, 0.25) is 5.91 Å². The smallest absolute Gasteiger partial charge is 0.248 e. The predicted octanol–water partition coefficient (Wildman–Crippen LogP) is 5.05. The average Bonchev–Trinajstić information content (AvgIpc) is 2.81. The van der Waals surface area contributed by atoms with Crippen LogP contribution in [0.5, 0.6) is 0 Å². The Kier molecular flexibility index (Phi) is 7.59. The van der Waals surface area contributed by atoms with Crippen molar-refractivity contribution in [1.29, 1.82) is 0 Å². The van der Waals surface area contributed by atoms with Gasteiger partial charge in [-0.25, -0.2) is 0 Å². The highest BCUT2D eigenvalue weighted by atomic mass is 35.5. The van der Waals surface area contributed by atoms with Crippen molar-refractivity contribution in [3.8, 4) is 0 Å². The summed E-state index contributed by atoms with van der Waals surface area (Å²) in [4.78, 5) is 16.9. The lowest BCUT2D eigenvalue weighted by Crippen LogP contribution is -2.50. The van der Waals surface area contributed by atoms with E-state index in [2.05, 4.69) is 47.5 Å². The molecule has 0 atom stereocenters. The molecule has 0 unspecified atom stereocenters. The third kappa shape index (κ3) is 5.96. The number of carbonyl (C=O) groups is 1. The number of ether oxygens (including phenoxy) is 1. The molecule has 1 heterocycles. The van der Waals surface area contributed by atoms with Crippen molar-refractivity contribution in [2.45, 2.75) is 51.7 Å². The number of amides is 1. The first kappa shape index (κ1) is 22.9. The second-order valence-corrected chi connectivity index (χ2v) is 9.50. The molecule has 1 amide bonds. The van der Waals surface area contributed by atoms with E-state index in [1.807, 2.05) is 24.0 Å². The quantitative estimate of drug-likeness (QED) is 0.662. The number of anilines is 2. The van der Waals surface area contributed by atoms with Gasteiger partial charge in [-0.3, -0.25) is 4.79 Å². The standard InChI is InChI=1S/C26H34ClN3O2/c1-19-3-8-23(9-4-19)29-13-15-30(16-14-29)26(31)18-32-24-10-5-21(6-11-24)28-22-7-12-25(27)20(2)17-22/h3-4,7-9,12,17,21,24,28H,5-6,10-11,13-16,18H2,1-2H3. The summed E-state index contributed by atoms with van der Waals surface area (Å²) in [6, 6.07) is 15.1. The number of hydrogen-bond donors (Lipinski definition) is 1. The Morgan fingerprint density at radius 1 is 1.00 bits per heavy atom. The Balaban J connectivity index is 1.15. The first-order valence-electron chi connectivity index (χ1n) is 11.7. The second-order valence-electron chi connectivity index (χ2n) is 9.10. The predicted molar refractivity (Wildman–Crippen MR) is 132 cm³/mol. The normalized spacial score (nSPS) is 21.5. The maximum Gasteiger partial charge on any atom is 0.248 e. The van der Waals surface area contributed by atoms with Gasteiger partial charge in [-0.05, 0) is 75.4 Å². The van der Waals surface area contributed by atoms with Crippen LogP contribution in [0.25, 0.3) is 0 Å². The number of benzene rings is 2. The van der Waals surface area contributed by atoms with Gasteiger partial charge in [0.25, 0.3) is 0 Å². The lowest BCUT2D eigenvalue weighted by Gasteiger charge is -2.36. The van der Waals surface area contributed by atoms with Gasteiger partial charge in [-0.15, -0.1) is 0 Å². The average molecular weight is 456 g/mol. The van der Waals surface area contributed by atoms with Crippen LogP contribution in [0.1, 0.15) is 36.8 Å². The van der Waals surface area contributed by atoms with Gasteiger partial charge in [0.1, 0.15) is 6.61 Å². The Morgan fingerprint density at radius 2 is 1.69 bits per heavy atom. The van der Waals surface area contributed by atoms with Crippen molar-refractivity contribution in [2.24, 2.45) is 0 Å². The summed E-state index contributed by atoms with van der Waals surface area (Å²) in [7, 11) is 0. The van der Waals surface area contributed by atoms with Gasteiger partial charge in [0.05, 0.1) is 6.10 Å². The molecule has 0 aromatic heterocycles. The topological polar surface area (TPSA) is 44.8 Å². The van der Waals surface area contributed by atoms with Crippen molar-refractivity contribution in [3.05, 3.63) is 58.6 Å². The minimum Gasteiger partial charge on any atom is -0.382 e. The molecule has 0 spiro atoms. The first-order valence-corrected chi connectivity index (χ1v) is 12.1. The molecule has 0 radical (unpaired) electrons. The second kappa shape index (κ2) is 10.6. The van der Waals surface area contributed by atoms with Crippen molar-refractivity contribution in [3.63, 3.8) is 0 Å². The number of nitrogens with one attached hydrogen (secondary N) is 1. The summed E-state index contributed by atoms with van der Waals surface area (Å²) < 4.78 is 6.01. The van der Waals surface area contributed by atoms with Crippen LogP contribution < -0.4 is 10.2 Å². The van der Waals surface area contributed by atoms with E-state index >= 15 is 0 Å². The highest BCUT2D eigenvalue weighted by Gasteiger charge is 2.25. The molecule has 2 aliphatic rings. The van der Waals surface area contributed by atoms with Crippen molar-refractivity contribution >= 4 is 28.9 Å². The number of aryl methyl sites for hydroxylation is 2. The summed E-state index contributed by atoms with van der Waals surface area (Å²) in [6.45, 7) is 7.58. The van der Waals surface area contributed by atoms with Crippen LogP contribution in [-0.2, 0) is 9.53 Å². The van der Waals surface area contributed by atoms with E-state index in [0.717, 1.165) is 68.1 Å². The summed E-state index contributed by atoms with van der Waals surface area (Å²) in [5.74, 6) is 0.116. The zero-order valence-electron chi connectivity index (χ0n) is 19.1. The molecular formula is C26H34ClN3O2. The maximum atomic E-state index is 12.7. The Hall–Kier alpha value is -2.24. The third-order valence-corrected chi connectivity index (χ3v) is 7.10. The number of nitrogens with zero attached hydrogens (tertiary/aromatic N) is 2. The molecule has 2 aromatic rings. The molecule has 5 nitrogen and oxygen atoms in total. The van der Waals surface area contributed by atoms with Crippen LogP contribution in [0.3, 0.4) is 0 Å². The molecule has 2 fully saturated rings. The van der Waals surface area contributed by atoms with Gasteiger partial charge in [-0.1, -0.05) is 29.3 Å². The van der Waals surface area contributed by atoms with E-state index in [1.54, 1.807) is 0 Å². The zero-order chi connectivity index (χ0) is 22.5. The van der Waals surface area contributed by atoms with E-state index in [-0.39, 0.29) is 18.6 Å². The molecular weight excluding hydrogens is 422 g/mol. The Morgan fingerprint density at radius 3 is 2.34 bits per heavy atom. The molecule has 1 saturated carbocycles. The fourth-order valence-electron chi connectivity index (χ4n) is 4.59. The monoisotopic (exact) mass is 455 g/mol. The van der Waals surface area contributed by atoms with Crippen LogP contribution >= 0.6 is 11.6 Å². The largest absolute Gasteiger partial charge is 0.382 e. The summed E-state index contributed by atoms with van der Waals surface area (Å²) in [6.07, 6.45) is 4.25. The third-order valence-electron chi connectivity index (χ3n) is 6.68. The van der Waals surface area contributed by atoms with E-state index in [1.165, 1.54) is 11.3 Å². The van der Waals surface area contributed by atoms with Gasteiger partial charge < -0.3 is 19.9 Å². The van der Waals surface area contributed by atoms with E-state index in [9.17, 15) is 4.79 Å². The molecule has 1 N–H and O–H groups in total. The number of carbonyl (C=O) groups excluding carboxylic acids is 1. The molecule has 6 heteroatoms. The highest BCUT2D eigenvalue weighted by Crippen LogP contribution is 2.26. The van der Waals surface area contributed by atoms with Crippen LogP contribution in [0.4, 0.5) is 11.4 Å². The van der Waals surface area contributed by atoms with Crippen LogP contribution in [0, 0.1) is 13.8 Å². The van der Waals surface area contributed by atoms with Gasteiger partial charge in [-0.2, -0.15) is 0 Å². The minimum absolute atomic E-state index is 0.116. The number of halogens is 1. The number of piperazine rings is 1. The number of hydrogen-bond acceptors (Lipinski definition) is 4. The molecule has 1 saturated heterocycles. The summed E-state index contributed by atoms with van der Waals surface area (Å²) in [5.41, 5.74) is 4.71. The molecule has 1 aliphatic heterocycles. The molecule has 2 aromatic carbocycles. The van der Waals surface area contributed by atoms with E-state index < -0.39 is 0 Å². The fourth-order valence-corrected chi connectivity index (χ4v) is 4.71. The summed E-state index contributed by atoms with van der Waals surface area (Å²) >= 11 is 6.12. The van der Waals surface area contributed by atoms with Crippen molar-refractivity contribution in [2.75, 3.05) is 43.0 Å². The zero-order valence-corrected chi connectivity index (χ0v) is 19.9. The van der Waals surface area contributed by atoms with E-state index in [0.29, 0.717) is 6.04 Å². The van der Waals surface area contributed by atoms with Gasteiger partial charge in [0, 0.05) is 48.6 Å². The van der Waals surface area contributed by atoms with Crippen LogP contribution in [-0.4, -0.2) is 55.7 Å². The molecule has 172 valence electrons. The Bertz CT molecular complexity index is 902. The highest BCUT2D eigenvalue weighted by molar-refractivity contribution is 6.31.